The molecule has 0 spiro atoms. The Balaban J connectivity index is 1.48. The molecule has 1 aromatic carbocycles. The van der Waals surface area contributed by atoms with Crippen molar-refractivity contribution < 1.29 is 4.42 Å². The van der Waals surface area contributed by atoms with Gasteiger partial charge in [-0.15, -0.1) is 0 Å². The number of benzene rings is 1. The third-order valence-corrected chi connectivity index (χ3v) is 4.76. The van der Waals surface area contributed by atoms with Crippen molar-refractivity contribution >= 4 is 17.2 Å². The predicted octanol–water partition coefficient (Wildman–Crippen LogP) is 4.55. The van der Waals surface area contributed by atoms with E-state index in [0.29, 0.717) is 23.8 Å². The average molecular weight is 394 g/mol. The molecule has 4 rings (SSSR count). The molecule has 0 atom stereocenters. The Morgan fingerprint density at radius 1 is 1.07 bits per heavy atom. The van der Waals surface area contributed by atoms with Gasteiger partial charge in [0.05, 0.1) is 12.2 Å². The van der Waals surface area contributed by atoms with Crippen LogP contribution in [0.3, 0.4) is 0 Å². The third-order valence-electron chi connectivity index (χ3n) is 4.51. The lowest BCUT2D eigenvalue weighted by Crippen LogP contribution is -2.21. The van der Waals surface area contributed by atoms with Gasteiger partial charge in [-0.1, -0.05) is 17.7 Å². The summed E-state index contributed by atoms with van der Waals surface area (Å²) in [5.74, 6) is 1.65. The van der Waals surface area contributed by atoms with E-state index < -0.39 is 0 Å². The van der Waals surface area contributed by atoms with Crippen LogP contribution in [0.15, 0.2) is 70.0 Å². The SMILES string of the molecule is Cc1ccc2nc(CN(C)Cc3ccc(-c4ccc(Cl)cc4)o3)cc(=O)n2c1. The zero-order valence-corrected chi connectivity index (χ0v) is 16.5. The van der Waals surface area contributed by atoms with Crippen LogP contribution in [0, 0.1) is 6.92 Å². The highest BCUT2D eigenvalue weighted by Crippen LogP contribution is 2.24. The molecule has 0 fully saturated rings. The molecule has 3 heterocycles. The summed E-state index contributed by atoms with van der Waals surface area (Å²) in [6.45, 7) is 3.12. The number of fused-ring (bicyclic) bond motifs is 1. The number of furan rings is 1. The maximum atomic E-state index is 12.4. The van der Waals surface area contributed by atoms with E-state index in [2.05, 4.69) is 9.88 Å². The van der Waals surface area contributed by atoms with Gasteiger partial charge in [0.1, 0.15) is 17.2 Å². The quantitative estimate of drug-likeness (QED) is 0.499. The van der Waals surface area contributed by atoms with Crippen LogP contribution in [0.2, 0.25) is 5.02 Å². The van der Waals surface area contributed by atoms with Crippen molar-refractivity contribution in [3.05, 3.63) is 93.2 Å². The molecule has 0 unspecified atom stereocenters. The average Bonchev–Trinajstić information content (AvgIpc) is 3.11. The number of hydrogen-bond donors (Lipinski definition) is 0. The van der Waals surface area contributed by atoms with E-state index >= 15 is 0 Å². The molecule has 0 saturated heterocycles. The Bertz CT molecular complexity index is 1180. The van der Waals surface area contributed by atoms with Gasteiger partial charge in [-0.2, -0.15) is 0 Å². The molecule has 0 radical (unpaired) electrons. The lowest BCUT2D eigenvalue weighted by atomic mass is 10.2. The van der Waals surface area contributed by atoms with Crippen molar-refractivity contribution in [1.29, 1.82) is 0 Å². The highest BCUT2D eigenvalue weighted by atomic mass is 35.5. The highest BCUT2D eigenvalue weighted by Gasteiger charge is 2.10. The van der Waals surface area contributed by atoms with Crippen molar-refractivity contribution in [2.45, 2.75) is 20.0 Å². The van der Waals surface area contributed by atoms with Crippen molar-refractivity contribution in [2.24, 2.45) is 0 Å². The second-order valence-corrected chi connectivity index (χ2v) is 7.40. The lowest BCUT2D eigenvalue weighted by Gasteiger charge is -2.15. The fraction of sp³-hybridized carbons (Fsp3) is 0.182. The fourth-order valence-corrected chi connectivity index (χ4v) is 3.30. The van der Waals surface area contributed by atoms with Crippen molar-refractivity contribution in [1.82, 2.24) is 14.3 Å². The van der Waals surface area contributed by atoms with Gasteiger partial charge in [-0.05, 0) is 62.0 Å². The first-order valence-corrected chi connectivity index (χ1v) is 9.38. The molecule has 0 N–H and O–H groups in total. The van der Waals surface area contributed by atoms with Gasteiger partial charge in [0.15, 0.2) is 0 Å². The summed E-state index contributed by atoms with van der Waals surface area (Å²) in [7, 11) is 1.98. The summed E-state index contributed by atoms with van der Waals surface area (Å²) in [5.41, 5.74) is 3.33. The van der Waals surface area contributed by atoms with Crippen LogP contribution in [0.4, 0.5) is 0 Å². The minimum absolute atomic E-state index is 0.0693. The lowest BCUT2D eigenvalue weighted by molar-refractivity contribution is 0.286. The highest BCUT2D eigenvalue weighted by molar-refractivity contribution is 6.30. The van der Waals surface area contributed by atoms with Gasteiger partial charge < -0.3 is 4.42 Å². The largest absolute Gasteiger partial charge is 0.460 e. The van der Waals surface area contributed by atoms with Crippen molar-refractivity contribution in [3.63, 3.8) is 0 Å². The zero-order chi connectivity index (χ0) is 19.7. The number of hydrogen-bond acceptors (Lipinski definition) is 4. The van der Waals surface area contributed by atoms with Crippen LogP contribution >= 0.6 is 11.6 Å². The number of halogens is 1. The first kappa shape index (κ1) is 18.5. The van der Waals surface area contributed by atoms with E-state index in [1.807, 2.05) is 62.5 Å². The molecule has 6 heteroatoms. The maximum Gasteiger partial charge on any atom is 0.258 e. The van der Waals surface area contributed by atoms with Crippen LogP contribution in [0.5, 0.6) is 0 Å². The molecule has 0 aliphatic rings. The zero-order valence-electron chi connectivity index (χ0n) is 15.7. The molecule has 0 aliphatic heterocycles. The minimum Gasteiger partial charge on any atom is -0.460 e. The molecule has 0 amide bonds. The summed E-state index contributed by atoms with van der Waals surface area (Å²) >= 11 is 5.94. The Morgan fingerprint density at radius 2 is 1.86 bits per heavy atom. The van der Waals surface area contributed by atoms with Gasteiger partial charge in [0.25, 0.3) is 5.56 Å². The summed E-state index contributed by atoms with van der Waals surface area (Å²) < 4.78 is 7.53. The monoisotopic (exact) mass is 393 g/mol. The van der Waals surface area contributed by atoms with Gasteiger partial charge in [-0.3, -0.25) is 14.1 Å². The number of aryl methyl sites for hydroxylation is 1. The van der Waals surface area contributed by atoms with Crippen LogP contribution < -0.4 is 5.56 Å². The Labute approximate surface area is 167 Å². The van der Waals surface area contributed by atoms with E-state index in [9.17, 15) is 4.79 Å². The Morgan fingerprint density at radius 3 is 2.64 bits per heavy atom. The number of rotatable bonds is 5. The van der Waals surface area contributed by atoms with Gasteiger partial charge >= 0.3 is 0 Å². The summed E-state index contributed by atoms with van der Waals surface area (Å²) in [6.07, 6.45) is 1.80. The summed E-state index contributed by atoms with van der Waals surface area (Å²) in [5, 5.41) is 0.698. The normalized spacial score (nSPS) is 11.4. The molecule has 5 nitrogen and oxygen atoms in total. The topological polar surface area (TPSA) is 50.8 Å². The van der Waals surface area contributed by atoms with E-state index in [0.717, 1.165) is 28.3 Å². The molecule has 142 valence electrons. The molecule has 0 aliphatic carbocycles. The molecule has 28 heavy (non-hydrogen) atoms. The number of aromatic nitrogens is 2. The summed E-state index contributed by atoms with van der Waals surface area (Å²) in [6, 6.07) is 16.9. The molecule has 3 aromatic heterocycles. The standard InChI is InChI=1S/C22H20ClN3O2/c1-15-3-10-21-24-18(11-22(27)26(21)12-15)13-25(2)14-19-8-9-20(28-19)16-4-6-17(23)7-5-16/h3-12H,13-14H2,1-2H3. The minimum atomic E-state index is -0.0693. The molecule has 4 aromatic rings. The second-order valence-electron chi connectivity index (χ2n) is 6.97. The van der Waals surface area contributed by atoms with E-state index in [4.69, 9.17) is 16.0 Å². The fourth-order valence-electron chi connectivity index (χ4n) is 3.17. The van der Waals surface area contributed by atoms with Crippen molar-refractivity contribution in [2.75, 3.05) is 7.05 Å². The van der Waals surface area contributed by atoms with Crippen LogP contribution in [0.1, 0.15) is 17.0 Å². The predicted molar refractivity (Wildman–Crippen MR) is 111 cm³/mol. The molecule has 0 bridgehead atoms. The number of pyridine rings is 1. The van der Waals surface area contributed by atoms with Gasteiger partial charge in [0.2, 0.25) is 0 Å². The smallest absolute Gasteiger partial charge is 0.258 e. The molecular formula is C22H20ClN3O2. The van der Waals surface area contributed by atoms with E-state index in [-0.39, 0.29) is 5.56 Å². The van der Waals surface area contributed by atoms with Gasteiger partial charge in [0, 0.05) is 29.4 Å². The Hall–Kier alpha value is -2.89. The van der Waals surface area contributed by atoms with Crippen LogP contribution in [-0.4, -0.2) is 21.3 Å². The number of nitrogens with zero attached hydrogens (tertiary/aromatic N) is 3. The Kier molecular flexibility index (Phi) is 5.03. The third kappa shape index (κ3) is 4.01. The van der Waals surface area contributed by atoms with Crippen LogP contribution in [0.25, 0.3) is 17.0 Å². The van der Waals surface area contributed by atoms with E-state index in [1.165, 1.54) is 0 Å². The molecule has 0 saturated carbocycles. The first-order chi connectivity index (χ1) is 13.5. The first-order valence-electron chi connectivity index (χ1n) is 9.00. The maximum absolute atomic E-state index is 12.4. The second kappa shape index (κ2) is 7.62. The summed E-state index contributed by atoms with van der Waals surface area (Å²) in [4.78, 5) is 19.0. The van der Waals surface area contributed by atoms with Gasteiger partial charge in [-0.25, -0.2) is 4.98 Å². The van der Waals surface area contributed by atoms with Crippen molar-refractivity contribution in [3.8, 4) is 11.3 Å². The molecular weight excluding hydrogens is 374 g/mol. The van der Waals surface area contributed by atoms with E-state index in [1.54, 1.807) is 16.7 Å². The van der Waals surface area contributed by atoms with Crippen LogP contribution in [-0.2, 0) is 13.1 Å².